The van der Waals surface area contributed by atoms with Gasteiger partial charge in [0.05, 0.1) is 0 Å². The molecule has 1 atom stereocenters. The van der Waals surface area contributed by atoms with Gasteiger partial charge in [-0.25, -0.2) is 0 Å². The van der Waals surface area contributed by atoms with Crippen LogP contribution in [0, 0.1) is 18.3 Å². The highest BCUT2D eigenvalue weighted by molar-refractivity contribution is 4.79. The number of hydrogen-bond donors (Lipinski definition) is 0. The molecule has 0 bridgehead atoms. The Balaban J connectivity index is 3.86. The monoisotopic (exact) mass is 169 g/mol. The van der Waals surface area contributed by atoms with Gasteiger partial charge in [-0.05, 0) is 24.7 Å². The summed E-state index contributed by atoms with van der Waals surface area (Å²) in [4.78, 5) is 0. The highest BCUT2D eigenvalue weighted by Crippen LogP contribution is 2.33. The first-order chi connectivity index (χ1) is 5.52. The van der Waals surface area contributed by atoms with E-state index in [0.29, 0.717) is 0 Å². The average molecular weight is 169 g/mol. The molecule has 0 nitrogen and oxygen atoms in total. The number of hydrogen-bond acceptors (Lipinski definition) is 0. The summed E-state index contributed by atoms with van der Waals surface area (Å²) in [6.45, 7) is 13.3. The Bertz CT molecular complexity index is 97.1. The molecule has 1 unspecified atom stereocenters. The van der Waals surface area contributed by atoms with E-state index in [4.69, 9.17) is 0 Å². The van der Waals surface area contributed by atoms with E-state index in [1.165, 1.54) is 32.1 Å². The van der Waals surface area contributed by atoms with Crippen molar-refractivity contribution in [2.24, 2.45) is 11.3 Å². The Morgan fingerprint density at radius 2 is 1.67 bits per heavy atom. The maximum absolute atomic E-state index is 4.24. The van der Waals surface area contributed by atoms with Crippen molar-refractivity contribution in [1.29, 1.82) is 0 Å². The smallest absolute Gasteiger partial charge is 0.0326 e. The predicted octanol–water partition coefficient (Wildman–Crippen LogP) is 4.45. The predicted molar refractivity (Wildman–Crippen MR) is 57.1 cm³/mol. The van der Waals surface area contributed by atoms with Crippen LogP contribution in [0.15, 0.2) is 0 Å². The highest BCUT2D eigenvalue weighted by atomic mass is 14.3. The topological polar surface area (TPSA) is 0 Å². The Morgan fingerprint density at radius 1 is 1.08 bits per heavy atom. The van der Waals surface area contributed by atoms with E-state index in [0.717, 1.165) is 5.92 Å². The average Bonchev–Trinajstić information content (AvgIpc) is 1.95. The molecule has 12 heavy (non-hydrogen) atoms. The van der Waals surface area contributed by atoms with Gasteiger partial charge in [0, 0.05) is 0 Å². The lowest BCUT2D eigenvalue weighted by Gasteiger charge is -2.30. The minimum absolute atomic E-state index is 0.269. The molecule has 0 aromatic heterocycles. The molecule has 0 aromatic rings. The number of unbranched alkanes of at least 4 members (excludes halogenated alkanes) is 1. The van der Waals surface area contributed by atoms with Crippen molar-refractivity contribution in [3.8, 4) is 0 Å². The van der Waals surface area contributed by atoms with E-state index < -0.39 is 0 Å². The third-order valence-electron chi connectivity index (χ3n) is 2.65. The van der Waals surface area contributed by atoms with Crippen LogP contribution in [0.4, 0.5) is 0 Å². The number of rotatable bonds is 6. The zero-order chi connectivity index (χ0) is 9.61. The van der Waals surface area contributed by atoms with Gasteiger partial charge in [0.25, 0.3) is 0 Å². The molecule has 73 valence electrons. The second-order valence-corrected chi connectivity index (χ2v) is 4.62. The van der Waals surface area contributed by atoms with Gasteiger partial charge in [-0.15, -0.1) is 0 Å². The molecule has 0 spiro atoms. The lowest BCUT2D eigenvalue weighted by molar-refractivity contribution is 0.238. The van der Waals surface area contributed by atoms with E-state index in [-0.39, 0.29) is 5.41 Å². The van der Waals surface area contributed by atoms with Gasteiger partial charge >= 0.3 is 0 Å². The summed E-state index contributed by atoms with van der Waals surface area (Å²) in [6.07, 6.45) is 6.69. The van der Waals surface area contributed by atoms with Crippen LogP contribution < -0.4 is 0 Å². The Labute approximate surface area is 78.8 Å². The third kappa shape index (κ3) is 4.79. The molecule has 0 rings (SSSR count). The van der Waals surface area contributed by atoms with Crippen molar-refractivity contribution in [3.05, 3.63) is 6.92 Å². The van der Waals surface area contributed by atoms with Crippen molar-refractivity contribution >= 4 is 0 Å². The first-order valence-corrected chi connectivity index (χ1v) is 5.37. The fraction of sp³-hybridized carbons (Fsp3) is 0.917. The van der Waals surface area contributed by atoms with Crippen molar-refractivity contribution in [2.75, 3.05) is 0 Å². The molecule has 0 saturated heterocycles. The molecule has 0 aliphatic rings. The minimum atomic E-state index is 0.269. The maximum atomic E-state index is 4.24. The van der Waals surface area contributed by atoms with Crippen molar-refractivity contribution in [1.82, 2.24) is 0 Å². The van der Waals surface area contributed by atoms with Crippen molar-refractivity contribution < 1.29 is 0 Å². The van der Waals surface area contributed by atoms with Crippen LogP contribution in [0.5, 0.6) is 0 Å². The summed E-state index contributed by atoms with van der Waals surface area (Å²) in [5, 5.41) is 0. The van der Waals surface area contributed by atoms with E-state index in [9.17, 15) is 0 Å². The Morgan fingerprint density at radius 3 is 2.00 bits per heavy atom. The van der Waals surface area contributed by atoms with Crippen LogP contribution in [0.2, 0.25) is 0 Å². The van der Waals surface area contributed by atoms with E-state index in [1.54, 1.807) is 0 Å². The molecule has 0 aliphatic carbocycles. The maximum Gasteiger partial charge on any atom is -0.0326 e. The molecule has 1 radical (unpaired) electrons. The Hall–Kier alpha value is 0. The van der Waals surface area contributed by atoms with E-state index in [2.05, 4.69) is 34.6 Å². The summed E-state index contributed by atoms with van der Waals surface area (Å²) in [5.41, 5.74) is 0.269. The summed E-state index contributed by atoms with van der Waals surface area (Å²) in [5.74, 6) is 0.822. The van der Waals surface area contributed by atoms with Gasteiger partial charge < -0.3 is 0 Å². The zero-order valence-electron chi connectivity index (χ0n) is 9.32. The minimum Gasteiger partial charge on any atom is -0.0654 e. The summed E-state index contributed by atoms with van der Waals surface area (Å²) in [7, 11) is 0. The molecule has 0 heteroatoms. The largest absolute Gasteiger partial charge is 0.0654 e. The second kappa shape index (κ2) is 5.61. The van der Waals surface area contributed by atoms with E-state index in [1.807, 2.05) is 0 Å². The van der Waals surface area contributed by atoms with Crippen LogP contribution in [0.3, 0.4) is 0 Å². The van der Waals surface area contributed by atoms with Crippen molar-refractivity contribution in [2.45, 2.75) is 59.8 Å². The molecule has 0 amide bonds. The second-order valence-electron chi connectivity index (χ2n) is 4.62. The fourth-order valence-electron chi connectivity index (χ4n) is 1.72. The zero-order valence-corrected chi connectivity index (χ0v) is 9.32. The summed E-state index contributed by atoms with van der Waals surface area (Å²) in [6, 6.07) is 0. The lowest BCUT2D eigenvalue weighted by Crippen LogP contribution is -2.20. The SMILES string of the molecule is [CH2]C(C)(C)C(CCC)CCCC. The molecule has 0 aliphatic heterocycles. The van der Waals surface area contributed by atoms with Crippen LogP contribution in [-0.2, 0) is 0 Å². The molecule has 0 fully saturated rings. The molecular weight excluding hydrogens is 144 g/mol. The van der Waals surface area contributed by atoms with Gasteiger partial charge in [-0.3, -0.25) is 0 Å². The first-order valence-electron chi connectivity index (χ1n) is 5.37. The third-order valence-corrected chi connectivity index (χ3v) is 2.65. The summed E-state index contributed by atoms with van der Waals surface area (Å²) >= 11 is 0. The van der Waals surface area contributed by atoms with Crippen LogP contribution in [0.25, 0.3) is 0 Å². The normalized spacial score (nSPS) is 14.8. The first kappa shape index (κ1) is 12.0. The van der Waals surface area contributed by atoms with Crippen LogP contribution in [-0.4, -0.2) is 0 Å². The van der Waals surface area contributed by atoms with Crippen LogP contribution >= 0.6 is 0 Å². The van der Waals surface area contributed by atoms with E-state index >= 15 is 0 Å². The van der Waals surface area contributed by atoms with Gasteiger partial charge in [0.1, 0.15) is 0 Å². The van der Waals surface area contributed by atoms with Crippen LogP contribution in [0.1, 0.15) is 59.8 Å². The Kier molecular flexibility index (Phi) is 5.61. The molecule has 0 saturated carbocycles. The van der Waals surface area contributed by atoms with Gasteiger partial charge in [-0.1, -0.05) is 53.4 Å². The molecular formula is C12H25. The molecule has 0 aromatic carbocycles. The quantitative estimate of drug-likeness (QED) is 0.551. The van der Waals surface area contributed by atoms with Gasteiger partial charge in [0.2, 0.25) is 0 Å². The van der Waals surface area contributed by atoms with Gasteiger partial charge in [-0.2, -0.15) is 0 Å². The highest BCUT2D eigenvalue weighted by Gasteiger charge is 2.22. The summed E-state index contributed by atoms with van der Waals surface area (Å²) < 4.78 is 0. The molecule has 0 heterocycles. The molecule has 0 N–H and O–H groups in total. The van der Waals surface area contributed by atoms with Gasteiger partial charge in [0.15, 0.2) is 0 Å². The standard InChI is InChI=1S/C12H25/c1-6-8-10-11(9-7-2)12(3,4)5/h11H,3,6-10H2,1-2,4-5H3. The van der Waals surface area contributed by atoms with Crippen molar-refractivity contribution in [3.63, 3.8) is 0 Å². The lowest BCUT2D eigenvalue weighted by atomic mass is 9.75. The fourth-order valence-corrected chi connectivity index (χ4v) is 1.72.